The molecule has 0 aliphatic rings. The fourth-order valence-corrected chi connectivity index (χ4v) is 2.66. The number of aryl methyl sites for hydroxylation is 1. The van der Waals surface area contributed by atoms with Crippen LogP contribution in [-0.4, -0.2) is 24.1 Å². The summed E-state index contributed by atoms with van der Waals surface area (Å²) < 4.78 is 10.0. The molecule has 22 heavy (non-hydrogen) atoms. The molecule has 0 N–H and O–H groups in total. The first-order chi connectivity index (χ1) is 10.4. The van der Waals surface area contributed by atoms with Gasteiger partial charge in [0, 0.05) is 17.8 Å². The Balaban J connectivity index is 2.21. The van der Waals surface area contributed by atoms with Gasteiger partial charge < -0.3 is 9.26 Å². The molecule has 0 spiro atoms. The van der Waals surface area contributed by atoms with Crippen LogP contribution in [0.1, 0.15) is 25.7 Å². The Bertz CT molecular complexity index is 704. The van der Waals surface area contributed by atoms with E-state index in [1.54, 1.807) is 31.2 Å². The monoisotopic (exact) mass is 434 g/mol. The van der Waals surface area contributed by atoms with Crippen molar-refractivity contribution in [3.8, 4) is 0 Å². The standard InChI is InChI=1S/C14H12ClIN2O4/c1-8-6-11(22-17-8)12(16)13(19)18(15)10-5-3-4-9(7-10)14(20)21-2/h3-7,12H,1-2H3. The van der Waals surface area contributed by atoms with Crippen LogP contribution < -0.4 is 4.42 Å². The van der Waals surface area contributed by atoms with E-state index in [9.17, 15) is 9.59 Å². The maximum absolute atomic E-state index is 12.4. The van der Waals surface area contributed by atoms with Crippen LogP contribution in [0.5, 0.6) is 0 Å². The molecule has 1 atom stereocenters. The van der Waals surface area contributed by atoms with E-state index >= 15 is 0 Å². The second-order valence-electron chi connectivity index (χ2n) is 4.39. The lowest BCUT2D eigenvalue weighted by Gasteiger charge is -2.16. The molecule has 0 fully saturated rings. The minimum Gasteiger partial charge on any atom is -0.465 e. The third kappa shape index (κ3) is 3.58. The summed E-state index contributed by atoms with van der Waals surface area (Å²) in [5.41, 5.74) is 1.35. The average Bonchev–Trinajstić information content (AvgIpc) is 2.98. The van der Waals surface area contributed by atoms with Crippen molar-refractivity contribution in [3.05, 3.63) is 47.3 Å². The first-order valence-corrected chi connectivity index (χ1v) is 7.78. The predicted molar refractivity (Wildman–Crippen MR) is 89.1 cm³/mol. The largest absolute Gasteiger partial charge is 0.465 e. The van der Waals surface area contributed by atoms with Gasteiger partial charge in [0.1, 0.15) is 0 Å². The molecule has 0 saturated heterocycles. The second kappa shape index (κ2) is 7.10. The molecule has 8 heteroatoms. The Morgan fingerprint density at radius 1 is 1.41 bits per heavy atom. The molecule has 1 aromatic carbocycles. The van der Waals surface area contributed by atoms with Crippen molar-refractivity contribution < 1.29 is 18.8 Å². The quantitative estimate of drug-likeness (QED) is 0.319. The number of anilines is 1. The Labute approximate surface area is 145 Å². The zero-order valence-corrected chi connectivity index (χ0v) is 14.7. The normalized spacial score (nSPS) is 11.8. The number of amides is 1. The number of alkyl halides is 1. The predicted octanol–water partition coefficient (Wildman–Crippen LogP) is 3.43. The zero-order chi connectivity index (χ0) is 16.3. The van der Waals surface area contributed by atoms with Crippen molar-refractivity contribution in [3.63, 3.8) is 0 Å². The van der Waals surface area contributed by atoms with Crippen LogP contribution in [0.2, 0.25) is 0 Å². The summed E-state index contributed by atoms with van der Waals surface area (Å²) in [4.78, 5) is 23.9. The molecule has 0 saturated carbocycles. The number of hydrogen-bond acceptors (Lipinski definition) is 5. The molecule has 1 amide bonds. The minimum absolute atomic E-state index is 0.305. The van der Waals surface area contributed by atoms with Crippen LogP contribution in [-0.2, 0) is 9.53 Å². The number of carbonyl (C=O) groups excluding carboxylic acids is 2. The number of ether oxygens (including phenoxy) is 1. The number of nitrogens with zero attached hydrogens (tertiary/aromatic N) is 2. The van der Waals surface area contributed by atoms with Gasteiger partial charge >= 0.3 is 5.97 Å². The molecule has 6 nitrogen and oxygen atoms in total. The van der Waals surface area contributed by atoms with Gasteiger partial charge in [-0.05, 0) is 25.1 Å². The molecule has 2 rings (SSSR count). The molecule has 2 aromatic rings. The number of halogens is 2. The summed E-state index contributed by atoms with van der Waals surface area (Å²) in [6.07, 6.45) is 0. The molecule has 0 bridgehead atoms. The van der Waals surface area contributed by atoms with E-state index in [1.807, 2.05) is 22.6 Å². The topological polar surface area (TPSA) is 72.6 Å². The highest BCUT2D eigenvalue weighted by molar-refractivity contribution is 14.1. The number of carbonyl (C=O) groups is 2. The van der Waals surface area contributed by atoms with Crippen molar-refractivity contribution in [2.24, 2.45) is 0 Å². The van der Waals surface area contributed by atoms with Crippen molar-refractivity contribution in [2.75, 3.05) is 11.5 Å². The van der Waals surface area contributed by atoms with Gasteiger partial charge in [-0.15, -0.1) is 0 Å². The highest BCUT2D eigenvalue weighted by atomic mass is 127. The van der Waals surface area contributed by atoms with Crippen molar-refractivity contribution in [2.45, 2.75) is 10.8 Å². The summed E-state index contributed by atoms with van der Waals surface area (Å²) in [7, 11) is 1.28. The maximum Gasteiger partial charge on any atom is 0.337 e. The number of aromatic nitrogens is 1. The van der Waals surface area contributed by atoms with Crippen LogP contribution >= 0.6 is 34.4 Å². The average molecular weight is 435 g/mol. The molecule has 0 radical (unpaired) electrons. The SMILES string of the molecule is COC(=O)c1cccc(N(Cl)C(=O)C(I)c2cc(C)no2)c1. The summed E-state index contributed by atoms with van der Waals surface area (Å²) >= 11 is 8.01. The summed E-state index contributed by atoms with van der Waals surface area (Å²) in [5, 5.41) is 3.75. The van der Waals surface area contributed by atoms with Crippen molar-refractivity contribution in [1.29, 1.82) is 0 Å². The number of benzene rings is 1. The van der Waals surface area contributed by atoms with Gasteiger partial charge in [0.2, 0.25) is 0 Å². The van der Waals surface area contributed by atoms with E-state index in [0.717, 1.165) is 4.42 Å². The maximum atomic E-state index is 12.4. The van der Waals surface area contributed by atoms with Gasteiger partial charge in [-0.25, -0.2) is 9.21 Å². The van der Waals surface area contributed by atoms with E-state index < -0.39 is 15.8 Å². The van der Waals surface area contributed by atoms with Crippen molar-refractivity contribution >= 4 is 51.9 Å². The smallest absolute Gasteiger partial charge is 0.337 e. The van der Waals surface area contributed by atoms with E-state index in [0.29, 0.717) is 22.7 Å². The van der Waals surface area contributed by atoms with Crippen LogP contribution in [0.3, 0.4) is 0 Å². The van der Waals surface area contributed by atoms with Gasteiger partial charge in [0.05, 0.1) is 24.1 Å². The third-order valence-electron chi connectivity index (χ3n) is 2.80. The Morgan fingerprint density at radius 3 is 2.73 bits per heavy atom. The van der Waals surface area contributed by atoms with Crippen molar-refractivity contribution in [1.82, 2.24) is 5.16 Å². The summed E-state index contributed by atoms with van der Waals surface area (Å²) in [6.45, 7) is 1.76. The molecule has 0 aliphatic carbocycles. The van der Waals surface area contributed by atoms with E-state index in [1.165, 1.54) is 13.2 Å². The van der Waals surface area contributed by atoms with Crippen LogP contribution in [0, 0.1) is 6.92 Å². The molecular formula is C14H12ClIN2O4. The fourth-order valence-electron chi connectivity index (χ4n) is 1.72. The Kier molecular flexibility index (Phi) is 5.41. The highest BCUT2D eigenvalue weighted by Crippen LogP contribution is 2.30. The number of esters is 1. The lowest BCUT2D eigenvalue weighted by atomic mass is 10.2. The van der Waals surface area contributed by atoms with Gasteiger partial charge in [0.15, 0.2) is 9.68 Å². The number of methoxy groups -OCH3 is 1. The van der Waals surface area contributed by atoms with E-state index in [2.05, 4.69) is 9.89 Å². The Morgan fingerprint density at radius 2 is 2.14 bits per heavy atom. The zero-order valence-electron chi connectivity index (χ0n) is 11.7. The Hall–Kier alpha value is -1.61. The molecule has 0 aliphatic heterocycles. The van der Waals surface area contributed by atoms with E-state index in [-0.39, 0.29) is 0 Å². The third-order valence-corrected chi connectivity index (χ3v) is 4.31. The second-order valence-corrected chi connectivity index (χ2v) is 5.98. The van der Waals surface area contributed by atoms with Gasteiger partial charge in [-0.3, -0.25) is 4.79 Å². The van der Waals surface area contributed by atoms with Crippen LogP contribution in [0.15, 0.2) is 34.9 Å². The number of hydrogen-bond donors (Lipinski definition) is 0. The molecule has 116 valence electrons. The number of rotatable bonds is 4. The first kappa shape index (κ1) is 16.8. The lowest BCUT2D eigenvalue weighted by molar-refractivity contribution is -0.117. The van der Waals surface area contributed by atoms with Crippen LogP contribution in [0.4, 0.5) is 5.69 Å². The molecular weight excluding hydrogens is 423 g/mol. The first-order valence-electron chi connectivity index (χ1n) is 6.19. The minimum atomic E-state index is -0.627. The summed E-state index contributed by atoms with van der Waals surface area (Å²) in [6, 6.07) is 7.96. The van der Waals surface area contributed by atoms with Gasteiger partial charge in [0.25, 0.3) is 5.91 Å². The van der Waals surface area contributed by atoms with Gasteiger partial charge in [-0.2, -0.15) is 0 Å². The summed E-state index contributed by atoms with van der Waals surface area (Å²) in [5.74, 6) is -0.491. The molecule has 1 aromatic heterocycles. The molecule has 1 unspecified atom stereocenters. The van der Waals surface area contributed by atoms with E-state index in [4.69, 9.17) is 16.3 Å². The van der Waals surface area contributed by atoms with Crippen LogP contribution in [0.25, 0.3) is 0 Å². The lowest BCUT2D eigenvalue weighted by Crippen LogP contribution is -2.24. The fraction of sp³-hybridized carbons (Fsp3) is 0.214. The van der Waals surface area contributed by atoms with Gasteiger partial charge in [-0.1, -0.05) is 33.8 Å². The highest BCUT2D eigenvalue weighted by Gasteiger charge is 2.27. The molecule has 1 heterocycles.